The van der Waals surface area contributed by atoms with E-state index in [-0.39, 0.29) is 18.9 Å². The molecule has 0 atom stereocenters. The zero-order valence-electron chi connectivity index (χ0n) is 19.5. The van der Waals surface area contributed by atoms with E-state index in [1.807, 2.05) is 42.6 Å². The van der Waals surface area contributed by atoms with E-state index in [0.717, 1.165) is 33.0 Å². The molecule has 33 heavy (non-hydrogen) atoms. The number of carbonyl (C=O) groups is 2. The minimum atomic E-state index is -0.432. The number of fused-ring (bicyclic) bond motifs is 1. The maximum atomic E-state index is 13.2. The molecule has 4 aromatic rings. The summed E-state index contributed by atoms with van der Waals surface area (Å²) in [5.74, 6) is -0.644. The highest BCUT2D eigenvalue weighted by atomic mass is 32.1. The fourth-order valence-corrected chi connectivity index (χ4v) is 4.75. The molecule has 0 aliphatic heterocycles. The molecule has 1 amide bonds. The van der Waals surface area contributed by atoms with Gasteiger partial charge in [0.05, 0.1) is 30.0 Å². The number of carbonyl (C=O) groups excluding carboxylic acids is 2. The minimum absolute atomic E-state index is 0.117. The molecular formula is C26H27N3O3S. The Morgan fingerprint density at radius 1 is 1.06 bits per heavy atom. The van der Waals surface area contributed by atoms with Crippen LogP contribution in [0.1, 0.15) is 44.5 Å². The molecular weight excluding hydrogens is 434 g/mol. The summed E-state index contributed by atoms with van der Waals surface area (Å²) in [6.07, 6.45) is 2.05. The summed E-state index contributed by atoms with van der Waals surface area (Å²) in [4.78, 5) is 31.3. The quantitative estimate of drug-likeness (QED) is 0.376. The number of esters is 1. The van der Waals surface area contributed by atoms with Crippen LogP contribution in [0.25, 0.3) is 16.9 Å². The maximum absolute atomic E-state index is 13.2. The second-order valence-corrected chi connectivity index (χ2v) is 9.39. The largest absolute Gasteiger partial charge is 0.462 e. The number of hydrogen-bond donors (Lipinski definition) is 1. The van der Waals surface area contributed by atoms with Gasteiger partial charge >= 0.3 is 5.97 Å². The molecule has 0 aliphatic carbocycles. The predicted molar refractivity (Wildman–Crippen MR) is 132 cm³/mol. The number of benzene rings is 1. The summed E-state index contributed by atoms with van der Waals surface area (Å²) in [7, 11) is 0. The van der Waals surface area contributed by atoms with Crippen LogP contribution in [0, 0.1) is 27.7 Å². The molecule has 0 bridgehead atoms. The van der Waals surface area contributed by atoms with Gasteiger partial charge in [-0.1, -0.05) is 18.2 Å². The molecule has 0 fully saturated rings. The molecule has 170 valence electrons. The van der Waals surface area contributed by atoms with Crippen molar-refractivity contribution < 1.29 is 14.3 Å². The Labute approximate surface area is 197 Å². The highest BCUT2D eigenvalue weighted by molar-refractivity contribution is 7.16. The summed E-state index contributed by atoms with van der Waals surface area (Å²) in [6.45, 7) is 10.1. The third-order valence-corrected chi connectivity index (χ3v) is 6.62. The van der Waals surface area contributed by atoms with Crippen molar-refractivity contribution in [2.45, 2.75) is 41.0 Å². The second-order valence-electron chi connectivity index (χ2n) is 8.14. The number of nitrogens with zero attached hydrogens (tertiary/aromatic N) is 2. The average molecular weight is 462 g/mol. The first kappa shape index (κ1) is 22.7. The van der Waals surface area contributed by atoms with Gasteiger partial charge in [-0.3, -0.25) is 4.79 Å². The number of pyridine rings is 1. The van der Waals surface area contributed by atoms with Crippen molar-refractivity contribution in [3.63, 3.8) is 0 Å². The Balaban J connectivity index is 1.72. The van der Waals surface area contributed by atoms with Crippen LogP contribution < -0.4 is 5.32 Å². The monoisotopic (exact) mass is 461 g/mol. The smallest absolute Gasteiger partial charge is 0.341 e. The number of amides is 1. The van der Waals surface area contributed by atoms with E-state index in [1.165, 1.54) is 22.5 Å². The number of anilines is 1. The van der Waals surface area contributed by atoms with Gasteiger partial charge in [-0.15, -0.1) is 11.3 Å². The molecule has 1 aromatic carbocycles. The van der Waals surface area contributed by atoms with Crippen LogP contribution in [-0.2, 0) is 16.0 Å². The standard InChI is InChI=1S/C26H27N3O3S/c1-6-32-26(31)20-13-18(5)33-25(20)27-22(30)14-21-23(19-10-9-15(2)17(4)12-19)28-24-16(3)8-7-11-29(21)24/h7-13H,6,14H2,1-5H3,(H,27,30). The Kier molecular flexibility index (Phi) is 6.33. The van der Waals surface area contributed by atoms with E-state index in [2.05, 4.69) is 31.3 Å². The lowest BCUT2D eigenvalue weighted by Gasteiger charge is -2.09. The Morgan fingerprint density at radius 2 is 1.85 bits per heavy atom. The molecule has 3 aromatic heterocycles. The van der Waals surface area contributed by atoms with Gasteiger partial charge in [0.15, 0.2) is 0 Å². The predicted octanol–water partition coefficient (Wildman–Crippen LogP) is 5.65. The van der Waals surface area contributed by atoms with E-state index in [0.29, 0.717) is 10.6 Å². The zero-order chi connectivity index (χ0) is 23.7. The van der Waals surface area contributed by atoms with E-state index in [9.17, 15) is 9.59 Å². The van der Waals surface area contributed by atoms with Crippen LogP contribution in [0.2, 0.25) is 0 Å². The van der Waals surface area contributed by atoms with Crippen LogP contribution in [0.3, 0.4) is 0 Å². The Hall–Kier alpha value is -3.45. The second kappa shape index (κ2) is 9.19. The van der Waals surface area contributed by atoms with Crippen molar-refractivity contribution in [2.24, 2.45) is 0 Å². The first-order chi connectivity index (χ1) is 15.8. The van der Waals surface area contributed by atoms with E-state index in [1.54, 1.807) is 13.0 Å². The molecule has 3 heterocycles. The SMILES string of the molecule is CCOC(=O)c1cc(C)sc1NC(=O)Cc1c(-c2ccc(C)c(C)c2)nc2c(C)cccn12. The number of hydrogen-bond acceptors (Lipinski definition) is 5. The summed E-state index contributed by atoms with van der Waals surface area (Å²) in [6, 6.07) is 11.9. The van der Waals surface area contributed by atoms with Crippen molar-refractivity contribution >= 4 is 33.9 Å². The lowest BCUT2D eigenvalue weighted by molar-refractivity contribution is -0.115. The number of aryl methyl sites for hydroxylation is 4. The normalized spacial score (nSPS) is 11.1. The van der Waals surface area contributed by atoms with Crippen molar-refractivity contribution in [1.82, 2.24) is 9.38 Å². The molecule has 0 saturated carbocycles. The Bertz CT molecular complexity index is 1370. The van der Waals surface area contributed by atoms with E-state index in [4.69, 9.17) is 9.72 Å². The summed E-state index contributed by atoms with van der Waals surface area (Å²) >= 11 is 1.36. The van der Waals surface area contributed by atoms with Gasteiger partial charge in [-0.25, -0.2) is 9.78 Å². The van der Waals surface area contributed by atoms with Gasteiger partial charge in [0.2, 0.25) is 5.91 Å². The van der Waals surface area contributed by atoms with Gasteiger partial charge in [-0.2, -0.15) is 0 Å². The molecule has 6 nitrogen and oxygen atoms in total. The number of ether oxygens (including phenoxy) is 1. The summed E-state index contributed by atoms with van der Waals surface area (Å²) in [5, 5.41) is 3.43. The highest BCUT2D eigenvalue weighted by Crippen LogP contribution is 2.30. The van der Waals surface area contributed by atoms with Crippen LogP contribution in [0.4, 0.5) is 5.00 Å². The number of thiophene rings is 1. The average Bonchev–Trinajstić information content (AvgIpc) is 3.31. The van der Waals surface area contributed by atoms with Crippen molar-refractivity contribution in [3.05, 3.63) is 75.4 Å². The van der Waals surface area contributed by atoms with E-state index >= 15 is 0 Å². The molecule has 0 saturated heterocycles. The topological polar surface area (TPSA) is 72.7 Å². The third kappa shape index (κ3) is 4.54. The molecule has 0 unspecified atom stereocenters. The van der Waals surface area contributed by atoms with E-state index < -0.39 is 5.97 Å². The summed E-state index contributed by atoms with van der Waals surface area (Å²) in [5.41, 5.74) is 7.19. The highest BCUT2D eigenvalue weighted by Gasteiger charge is 2.21. The lowest BCUT2D eigenvalue weighted by atomic mass is 10.0. The van der Waals surface area contributed by atoms with Gasteiger partial charge in [-0.05, 0) is 69.5 Å². The van der Waals surface area contributed by atoms with Crippen molar-refractivity contribution in [1.29, 1.82) is 0 Å². The van der Waals surface area contributed by atoms with Crippen LogP contribution >= 0.6 is 11.3 Å². The fourth-order valence-electron chi connectivity index (χ4n) is 3.83. The number of nitrogens with one attached hydrogen (secondary N) is 1. The zero-order valence-corrected chi connectivity index (χ0v) is 20.3. The number of aromatic nitrogens is 2. The fraction of sp³-hybridized carbons (Fsp3) is 0.269. The number of imidazole rings is 1. The van der Waals surface area contributed by atoms with Gasteiger partial charge < -0.3 is 14.5 Å². The molecule has 4 rings (SSSR count). The van der Waals surface area contributed by atoms with Crippen LogP contribution in [0.15, 0.2) is 42.6 Å². The maximum Gasteiger partial charge on any atom is 0.341 e. The first-order valence-corrected chi connectivity index (χ1v) is 11.7. The molecule has 1 N–H and O–H groups in total. The third-order valence-electron chi connectivity index (χ3n) is 5.66. The first-order valence-electron chi connectivity index (χ1n) is 10.9. The van der Waals surface area contributed by atoms with Gasteiger partial charge in [0.1, 0.15) is 10.6 Å². The molecule has 0 spiro atoms. The summed E-state index contributed by atoms with van der Waals surface area (Å²) < 4.78 is 7.12. The van der Waals surface area contributed by atoms with Gasteiger partial charge in [0, 0.05) is 16.6 Å². The lowest BCUT2D eigenvalue weighted by Crippen LogP contribution is -2.17. The van der Waals surface area contributed by atoms with Gasteiger partial charge in [0.25, 0.3) is 0 Å². The van der Waals surface area contributed by atoms with Crippen LogP contribution in [0.5, 0.6) is 0 Å². The van der Waals surface area contributed by atoms with Crippen LogP contribution in [-0.4, -0.2) is 27.9 Å². The number of rotatable bonds is 6. The molecule has 0 aliphatic rings. The van der Waals surface area contributed by atoms with Crippen molar-refractivity contribution in [3.8, 4) is 11.3 Å². The Morgan fingerprint density at radius 3 is 2.58 bits per heavy atom. The minimum Gasteiger partial charge on any atom is -0.462 e. The molecule has 7 heteroatoms. The molecule has 0 radical (unpaired) electrons. The van der Waals surface area contributed by atoms with Crippen molar-refractivity contribution in [2.75, 3.05) is 11.9 Å².